The van der Waals surface area contributed by atoms with Crippen LogP contribution >= 0.6 is 23.4 Å². The molecule has 0 saturated heterocycles. The van der Waals surface area contributed by atoms with Crippen LogP contribution in [-0.2, 0) is 4.79 Å². The lowest BCUT2D eigenvalue weighted by molar-refractivity contribution is -0.115. The number of halogens is 1. The first-order chi connectivity index (χ1) is 16.2. The molecule has 1 amide bonds. The van der Waals surface area contributed by atoms with Crippen LogP contribution in [0.15, 0.2) is 47.5 Å². The van der Waals surface area contributed by atoms with E-state index in [2.05, 4.69) is 16.4 Å². The van der Waals surface area contributed by atoms with E-state index in [1.165, 1.54) is 30.0 Å². The van der Waals surface area contributed by atoms with Gasteiger partial charge in [0.2, 0.25) is 5.91 Å². The van der Waals surface area contributed by atoms with Crippen LogP contribution in [0.5, 0.6) is 0 Å². The van der Waals surface area contributed by atoms with E-state index in [-0.39, 0.29) is 45.6 Å². The Kier molecular flexibility index (Phi) is 7.75. The van der Waals surface area contributed by atoms with Crippen LogP contribution in [-0.4, -0.2) is 27.7 Å². The minimum absolute atomic E-state index is 0.00592. The van der Waals surface area contributed by atoms with Gasteiger partial charge in [-0.1, -0.05) is 41.4 Å². The summed E-state index contributed by atoms with van der Waals surface area (Å²) in [5, 5.41) is 31.6. The molecule has 3 aromatic rings. The van der Waals surface area contributed by atoms with E-state index in [1.807, 2.05) is 37.3 Å². The number of carboxylic acids is 1. The number of rotatable bonds is 7. The number of anilines is 2. The van der Waals surface area contributed by atoms with Crippen molar-refractivity contribution in [2.24, 2.45) is 0 Å². The van der Waals surface area contributed by atoms with E-state index >= 15 is 0 Å². The largest absolute Gasteiger partial charge is 0.478 e. The van der Waals surface area contributed by atoms with Crippen molar-refractivity contribution in [3.63, 3.8) is 0 Å². The number of carbonyl (C=O) groups excluding carboxylic acids is 1. The Hall–Kier alpha value is -4.05. The molecule has 0 saturated carbocycles. The zero-order chi connectivity index (χ0) is 24.8. The van der Waals surface area contributed by atoms with Gasteiger partial charge in [-0.2, -0.15) is 10.5 Å². The zero-order valence-corrected chi connectivity index (χ0v) is 19.5. The summed E-state index contributed by atoms with van der Waals surface area (Å²) in [6, 6.07) is 15.7. The van der Waals surface area contributed by atoms with E-state index in [1.54, 1.807) is 0 Å². The van der Waals surface area contributed by atoms with Gasteiger partial charge in [0.15, 0.2) is 0 Å². The normalized spacial score (nSPS) is 10.2. The number of hydrogen-bond donors (Lipinski definition) is 3. The van der Waals surface area contributed by atoms with E-state index in [4.69, 9.17) is 22.4 Å². The van der Waals surface area contributed by atoms with E-state index in [9.17, 15) is 20.1 Å². The molecule has 0 aliphatic carbocycles. The average molecular weight is 492 g/mol. The Morgan fingerprint density at radius 1 is 1.15 bits per heavy atom. The highest BCUT2D eigenvalue weighted by Gasteiger charge is 2.20. The standard InChI is InChI=1S/C24H18ClN5O3S/c1-13-2-4-14(5-3-13)21-17(11-26)22(28)30-23(18(21)12-27)34-9-8-20(31)29-15-6-7-19(25)16(10-15)24(32)33/h2-7,10H,8-9H2,1H3,(H2,28,30)(H,29,31)(H,32,33). The summed E-state index contributed by atoms with van der Waals surface area (Å²) in [5.41, 5.74) is 8.64. The molecule has 1 aromatic heterocycles. The SMILES string of the molecule is Cc1ccc(-c2c(C#N)c(N)nc(SCCC(=O)Nc3ccc(Cl)c(C(=O)O)c3)c2C#N)cc1. The molecule has 0 atom stereocenters. The summed E-state index contributed by atoms with van der Waals surface area (Å²) >= 11 is 7.01. The van der Waals surface area contributed by atoms with Gasteiger partial charge in [0.1, 0.15) is 28.5 Å². The Balaban J connectivity index is 1.79. The molecule has 2 aromatic carbocycles. The summed E-state index contributed by atoms with van der Waals surface area (Å²) < 4.78 is 0. The Bertz CT molecular complexity index is 1360. The van der Waals surface area contributed by atoms with Crippen molar-refractivity contribution in [3.05, 3.63) is 69.7 Å². The van der Waals surface area contributed by atoms with Gasteiger partial charge >= 0.3 is 5.97 Å². The molecule has 3 rings (SSSR count). The van der Waals surface area contributed by atoms with Crippen molar-refractivity contribution >= 4 is 46.7 Å². The number of nitriles is 2. The van der Waals surface area contributed by atoms with Crippen LogP contribution in [0.3, 0.4) is 0 Å². The van der Waals surface area contributed by atoms with Crippen molar-refractivity contribution in [1.82, 2.24) is 4.98 Å². The lowest BCUT2D eigenvalue weighted by Gasteiger charge is -2.13. The second-order valence-electron chi connectivity index (χ2n) is 7.16. The molecular formula is C24H18ClN5O3S. The number of nitrogens with one attached hydrogen (secondary N) is 1. The Labute approximate surface area is 205 Å². The van der Waals surface area contributed by atoms with Gasteiger partial charge < -0.3 is 16.2 Å². The minimum Gasteiger partial charge on any atom is -0.478 e. The van der Waals surface area contributed by atoms with Gasteiger partial charge in [-0.25, -0.2) is 9.78 Å². The van der Waals surface area contributed by atoms with E-state index in [0.717, 1.165) is 5.56 Å². The fourth-order valence-electron chi connectivity index (χ4n) is 3.14. The first kappa shape index (κ1) is 24.6. The van der Waals surface area contributed by atoms with Crippen molar-refractivity contribution in [1.29, 1.82) is 10.5 Å². The molecule has 170 valence electrons. The number of amides is 1. The maximum absolute atomic E-state index is 12.4. The predicted molar refractivity (Wildman–Crippen MR) is 131 cm³/mol. The first-order valence-electron chi connectivity index (χ1n) is 9.91. The quantitative estimate of drug-likeness (QED) is 0.396. The average Bonchev–Trinajstić information content (AvgIpc) is 2.80. The maximum atomic E-state index is 12.4. The van der Waals surface area contributed by atoms with Gasteiger partial charge in [-0.05, 0) is 30.7 Å². The highest BCUT2D eigenvalue weighted by Crippen LogP contribution is 2.36. The topological polar surface area (TPSA) is 153 Å². The number of thioether (sulfide) groups is 1. The molecule has 34 heavy (non-hydrogen) atoms. The summed E-state index contributed by atoms with van der Waals surface area (Å²) in [6.45, 7) is 1.93. The molecule has 10 heteroatoms. The number of nitrogen functional groups attached to an aromatic ring is 1. The number of benzene rings is 2. The van der Waals surface area contributed by atoms with Crippen LogP contribution in [0.4, 0.5) is 11.5 Å². The molecule has 8 nitrogen and oxygen atoms in total. The number of carbonyl (C=O) groups is 2. The predicted octanol–water partition coefficient (Wildman–Crippen LogP) is 4.86. The third-order valence-electron chi connectivity index (χ3n) is 4.80. The van der Waals surface area contributed by atoms with Crippen molar-refractivity contribution in [2.45, 2.75) is 18.4 Å². The van der Waals surface area contributed by atoms with Crippen LogP contribution < -0.4 is 11.1 Å². The maximum Gasteiger partial charge on any atom is 0.337 e. The molecule has 4 N–H and O–H groups in total. The molecule has 0 aliphatic heterocycles. The number of pyridine rings is 1. The van der Waals surface area contributed by atoms with Crippen molar-refractivity contribution in [3.8, 4) is 23.3 Å². The lowest BCUT2D eigenvalue weighted by Crippen LogP contribution is -2.13. The number of carboxylic acid groups (broad SMARTS) is 1. The van der Waals surface area contributed by atoms with Gasteiger partial charge in [-0.15, -0.1) is 11.8 Å². The number of hydrogen-bond acceptors (Lipinski definition) is 7. The van der Waals surface area contributed by atoms with Crippen molar-refractivity contribution in [2.75, 3.05) is 16.8 Å². The Morgan fingerprint density at radius 2 is 1.82 bits per heavy atom. The third-order valence-corrected chi connectivity index (χ3v) is 6.11. The van der Waals surface area contributed by atoms with Gasteiger partial charge in [0.25, 0.3) is 0 Å². The monoisotopic (exact) mass is 491 g/mol. The number of aromatic nitrogens is 1. The number of aromatic carboxylic acids is 1. The highest BCUT2D eigenvalue weighted by atomic mass is 35.5. The molecule has 0 bridgehead atoms. The molecule has 0 aliphatic rings. The molecule has 0 radical (unpaired) electrons. The first-order valence-corrected chi connectivity index (χ1v) is 11.3. The molecular weight excluding hydrogens is 474 g/mol. The fourth-order valence-corrected chi connectivity index (χ4v) is 4.28. The van der Waals surface area contributed by atoms with E-state index in [0.29, 0.717) is 21.8 Å². The molecule has 0 fully saturated rings. The van der Waals surface area contributed by atoms with Gasteiger partial charge in [0.05, 0.1) is 16.1 Å². The van der Waals surface area contributed by atoms with Crippen LogP contribution in [0, 0.1) is 29.6 Å². The van der Waals surface area contributed by atoms with Gasteiger partial charge in [-0.3, -0.25) is 4.79 Å². The minimum atomic E-state index is -1.20. The fraction of sp³-hybridized carbons (Fsp3) is 0.125. The van der Waals surface area contributed by atoms with Crippen LogP contribution in [0.1, 0.15) is 33.5 Å². The summed E-state index contributed by atoms with van der Waals surface area (Å²) in [4.78, 5) is 27.8. The second-order valence-corrected chi connectivity index (χ2v) is 8.65. The zero-order valence-electron chi connectivity index (χ0n) is 17.9. The van der Waals surface area contributed by atoms with Crippen LogP contribution in [0.2, 0.25) is 5.02 Å². The molecule has 0 spiro atoms. The number of nitrogens with zero attached hydrogens (tertiary/aromatic N) is 3. The number of nitrogens with two attached hydrogens (primary N) is 1. The Morgan fingerprint density at radius 3 is 2.44 bits per heavy atom. The molecule has 0 unspecified atom stereocenters. The van der Waals surface area contributed by atoms with E-state index < -0.39 is 5.97 Å². The highest BCUT2D eigenvalue weighted by molar-refractivity contribution is 7.99. The third kappa shape index (κ3) is 5.46. The number of aryl methyl sites for hydroxylation is 1. The van der Waals surface area contributed by atoms with Crippen molar-refractivity contribution < 1.29 is 14.7 Å². The summed E-state index contributed by atoms with van der Waals surface area (Å²) in [5.74, 6) is -1.28. The van der Waals surface area contributed by atoms with Gasteiger partial charge in [0, 0.05) is 23.4 Å². The summed E-state index contributed by atoms with van der Waals surface area (Å²) in [6.07, 6.45) is 0.0576. The van der Waals surface area contributed by atoms with Crippen LogP contribution in [0.25, 0.3) is 11.1 Å². The smallest absolute Gasteiger partial charge is 0.337 e. The molecule has 1 heterocycles. The lowest BCUT2D eigenvalue weighted by atomic mass is 9.96. The summed E-state index contributed by atoms with van der Waals surface area (Å²) in [7, 11) is 0. The second kappa shape index (κ2) is 10.7.